The van der Waals surface area contributed by atoms with E-state index < -0.39 is 0 Å². The number of nitrogens with zero attached hydrogens (tertiary/aromatic N) is 3. The Labute approximate surface area is 113 Å². The van der Waals surface area contributed by atoms with Gasteiger partial charge < -0.3 is 10.2 Å². The highest BCUT2D eigenvalue weighted by Gasteiger charge is 2.33. The fourth-order valence-corrected chi connectivity index (χ4v) is 3.17. The number of hydrogen-bond donors (Lipinski definition) is 1. The van der Waals surface area contributed by atoms with E-state index in [0.717, 1.165) is 18.2 Å². The van der Waals surface area contributed by atoms with Gasteiger partial charge in [0.25, 0.3) is 0 Å². The van der Waals surface area contributed by atoms with Gasteiger partial charge >= 0.3 is 0 Å². The van der Waals surface area contributed by atoms with Crippen LogP contribution in [-0.2, 0) is 0 Å². The molecular weight excluding hydrogens is 236 g/mol. The molecule has 1 atom stereocenters. The second-order valence-corrected chi connectivity index (χ2v) is 5.37. The van der Waals surface area contributed by atoms with Crippen LogP contribution in [-0.4, -0.2) is 30.6 Å². The van der Waals surface area contributed by atoms with Crippen molar-refractivity contribution < 1.29 is 0 Å². The SMILES string of the molecule is N#Cc1ccc(NC2CN3CCC2CC3)cc1C#N. The van der Waals surface area contributed by atoms with Crippen molar-refractivity contribution in [3.63, 3.8) is 0 Å². The number of fused-ring (bicyclic) bond motifs is 3. The zero-order valence-electron chi connectivity index (χ0n) is 10.8. The van der Waals surface area contributed by atoms with Crippen LogP contribution < -0.4 is 5.32 Å². The summed E-state index contributed by atoms with van der Waals surface area (Å²) in [5.74, 6) is 0.742. The Morgan fingerprint density at radius 3 is 2.42 bits per heavy atom. The molecule has 4 heteroatoms. The minimum Gasteiger partial charge on any atom is -0.381 e. The van der Waals surface area contributed by atoms with Gasteiger partial charge in [-0.3, -0.25) is 0 Å². The van der Waals surface area contributed by atoms with Gasteiger partial charge in [-0.15, -0.1) is 0 Å². The van der Waals surface area contributed by atoms with E-state index in [9.17, 15) is 0 Å². The minimum atomic E-state index is 0.446. The fourth-order valence-electron chi connectivity index (χ4n) is 3.17. The van der Waals surface area contributed by atoms with Gasteiger partial charge in [0.05, 0.1) is 11.1 Å². The van der Waals surface area contributed by atoms with E-state index in [1.807, 2.05) is 12.1 Å². The summed E-state index contributed by atoms with van der Waals surface area (Å²) in [5, 5.41) is 21.5. The Morgan fingerprint density at radius 2 is 1.84 bits per heavy atom. The van der Waals surface area contributed by atoms with Crippen LogP contribution in [0.1, 0.15) is 24.0 Å². The largest absolute Gasteiger partial charge is 0.381 e. The lowest BCUT2D eigenvalue weighted by Crippen LogP contribution is -2.53. The Kier molecular flexibility index (Phi) is 3.11. The van der Waals surface area contributed by atoms with Gasteiger partial charge in [-0.25, -0.2) is 0 Å². The third-order valence-corrected chi connectivity index (χ3v) is 4.27. The fraction of sp³-hybridized carbons (Fsp3) is 0.467. The first-order valence-electron chi connectivity index (χ1n) is 6.73. The van der Waals surface area contributed by atoms with Gasteiger partial charge in [-0.05, 0) is 50.0 Å². The second kappa shape index (κ2) is 4.91. The van der Waals surface area contributed by atoms with Gasteiger partial charge in [0.2, 0.25) is 0 Å². The van der Waals surface area contributed by atoms with Gasteiger partial charge in [0.1, 0.15) is 12.1 Å². The van der Waals surface area contributed by atoms with E-state index in [1.54, 1.807) is 12.1 Å². The van der Waals surface area contributed by atoms with Crippen molar-refractivity contribution in [2.24, 2.45) is 5.92 Å². The molecule has 0 saturated carbocycles. The maximum Gasteiger partial charge on any atom is 0.101 e. The molecule has 0 aromatic heterocycles. The lowest BCUT2D eigenvalue weighted by Gasteiger charge is -2.45. The maximum atomic E-state index is 9.05. The molecule has 3 aliphatic rings. The van der Waals surface area contributed by atoms with E-state index in [0.29, 0.717) is 17.2 Å². The molecule has 3 heterocycles. The average molecular weight is 252 g/mol. The molecule has 0 radical (unpaired) electrons. The maximum absolute atomic E-state index is 9.05. The molecule has 3 saturated heterocycles. The molecule has 1 N–H and O–H groups in total. The lowest BCUT2D eigenvalue weighted by atomic mass is 9.84. The van der Waals surface area contributed by atoms with E-state index in [4.69, 9.17) is 10.5 Å². The van der Waals surface area contributed by atoms with Crippen molar-refractivity contribution in [2.45, 2.75) is 18.9 Å². The van der Waals surface area contributed by atoms with E-state index in [2.05, 4.69) is 16.3 Å². The molecule has 1 unspecified atom stereocenters. The number of nitrogens with one attached hydrogen (secondary N) is 1. The van der Waals surface area contributed by atoms with E-state index >= 15 is 0 Å². The van der Waals surface area contributed by atoms with Crippen molar-refractivity contribution >= 4 is 5.69 Å². The number of rotatable bonds is 2. The average Bonchev–Trinajstić information content (AvgIpc) is 2.48. The highest BCUT2D eigenvalue weighted by Crippen LogP contribution is 2.30. The van der Waals surface area contributed by atoms with Crippen LogP contribution in [0.25, 0.3) is 0 Å². The number of benzene rings is 1. The standard InChI is InChI=1S/C15H16N4/c16-8-12-1-2-14(7-13(12)9-17)18-15-10-19-5-3-11(15)4-6-19/h1-2,7,11,15,18H,3-6,10H2. The molecule has 4 nitrogen and oxygen atoms in total. The summed E-state index contributed by atoms with van der Waals surface area (Å²) in [5.41, 5.74) is 1.85. The molecule has 4 rings (SSSR count). The van der Waals surface area contributed by atoms with Gasteiger partial charge in [0, 0.05) is 18.3 Å². The van der Waals surface area contributed by atoms with Gasteiger partial charge in [0.15, 0.2) is 0 Å². The molecule has 1 aromatic carbocycles. The van der Waals surface area contributed by atoms with Crippen molar-refractivity contribution in [2.75, 3.05) is 25.0 Å². The minimum absolute atomic E-state index is 0.446. The van der Waals surface area contributed by atoms with Crippen LogP contribution in [0.3, 0.4) is 0 Å². The Morgan fingerprint density at radius 1 is 1.11 bits per heavy atom. The molecule has 3 fully saturated rings. The molecule has 2 bridgehead atoms. The topological polar surface area (TPSA) is 62.9 Å². The summed E-state index contributed by atoms with van der Waals surface area (Å²) in [6.45, 7) is 3.53. The molecule has 3 aliphatic heterocycles. The van der Waals surface area contributed by atoms with Crippen molar-refractivity contribution in [3.05, 3.63) is 29.3 Å². The zero-order valence-corrected chi connectivity index (χ0v) is 10.8. The van der Waals surface area contributed by atoms with Crippen LogP contribution >= 0.6 is 0 Å². The highest BCUT2D eigenvalue weighted by molar-refractivity contribution is 5.56. The van der Waals surface area contributed by atoms with Crippen molar-refractivity contribution in [1.82, 2.24) is 4.90 Å². The predicted octanol–water partition coefficient (Wildman–Crippen LogP) is 1.94. The van der Waals surface area contributed by atoms with Crippen molar-refractivity contribution in [3.8, 4) is 12.1 Å². The van der Waals surface area contributed by atoms with E-state index in [-0.39, 0.29) is 0 Å². The molecule has 0 aliphatic carbocycles. The summed E-state index contributed by atoms with van der Waals surface area (Å²) in [7, 11) is 0. The third-order valence-electron chi connectivity index (χ3n) is 4.27. The Bertz CT molecular complexity index is 558. The third kappa shape index (κ3) is 2.28. The molecule has 1 aromatic rings. The summed E-state index contributed by atoms with van der Waals surface area (Å²) in [4.78, 5) is 2.49. The van der Waals surface area contributed by atoms with Crippen LogP contribution in [0.2, 0.25) is 0 Å². The van der Waals surface area contributed by atoms with Crippen molar-refractivity contribution in [1.29, 1.82) is 10.5 Å². The number of hydrogen-bond acceptors (Lipinski definition) is 4. The van der Waals surface area contributed by atoms with E-state index in [1.165, 1.54) is 25.9 Å². The van der Waals surface area contributed by atoms with Gasteiger partial charge in [-0.2, -0.15) is 10.5 Å². The van der Waals surface area contributed by atoms with Crippen LogP contribution in [0.15, 0.2) is 18.2 Å². The molecule has 0 amide bonds. The second-order valence-electron chi connectivity index (χ2n) is 5.37. The van der Waals surface area contributed by atoms with Crippen LogP contribution in [0.4, 0.5) is 5.69 Å². The monoisotopic (exact) mass is 252 g/mol. The predicted molar refractivity (Wildman–Crippen MR) is 72.4 cm³/mol. The molecule has 0 spiro atoms. The Hall–Kier alpha value is -2.04. The number of anilines is 1. The first-order chi connectivity index (χ1) is 9.30. The summed E-state index contributed by atoms with van der Waals surface area (Å²) in [6.07, 6.45) is 2.53. The number of nitriles is 2. The zero-order chi connectivity index (χ0) is 13.2. The molecule has 96 valence electrons. The molecular formula is C15H16N4. The highest BCUT2D eigenvalue weighted by atomic mass is 15.2. The first kappa shape index (κ1) is 12.0. The normalized spacial score (nSPS) is 28.4. The first-order valence-corrected chi connectivity index (χ1v) is 6.73. The molecule has 19 heavy (non-hydrogen) atoms. The summed E-state index contributed by atoms with van der Waals surface area (Å²) >= 11 is 0. The van der Waals surface area contributed by atoms with Gasteiger partial charge in [-0.1, -0.05) is 0 Å². The Balaban J connectivity index is 1.77. The lowest BCUT2D eigenvalue weighted by molar-refractivity contribution is 0.0975. The summed E-state index contributed by atoms with van der Waals surface area (Å²) in [6, 6.07) is 10.0. The summed E-state index contributed by atoms with van der Waals surface area (Å²) < 4.78 is 0. The number of piperidine rings is 3. The van der Waals surface area contributed by atoms with Crippen LogP contribution in [0, 0.1) is 28.6 Å². The quantitative estimate of drug-likeness (QED) is 0.873. The van der Waals surface area contributed by atoms with Crippen LogP contribution in [0.5, 0.6) is 0 Å². The smallest absolute Gasteiger partial charge is 0.101 e.